The molecule has 0 spiro atoms. The van der Waals surface area contributed by atoms with E-state index in [9.17, 15) is 0 Å². The Morgan fingerprint density at radius 2 is 2.43 bits per heavy atom. The van der Waals surface area contributed by atoms with Crippen molar-refractivity contribution < 1.29 is 0 Å². The van der Waals surface area contributed by atoms with Crippen LogP contribution in [0.2, 0.25) is 0 Å². The Morgan fingerprint density at radius 1 is 1.64 bits per heavy atom. The Morgan fingerprint density at radius 3 is 3.07 bits per heavy atom. The largest absolute Gasteiger partial charge is 0.330 e. The van der Waals surface area contributed by atoms with Crippen LogP contribution in [-0.2, 0) is 19.4 Å². The molecule has 78 valence electrons. The summed E-state index contributed by atoms with van der Waals surface area (Å²) in [6.07, 6.45) is 3.25. The minimum absolute atomic E-state index is 0.623. The Bertz CT molecular complexity index is 332. The molecule has 0 radical (unpaired) electrons. The highest BCUT2D eigenvalue weighted by Crippen LogP contribution is 2.26. The van der Waals surface area contributed by atoms with Gasteiger partial charge in [0, 0.05) is 13.0 Å². The average molecular weight is 258 g/mol. The molecule has 2 heterocycles. The van der Waals surface area contributed by atoms with Gasteiger partial charge < -0.3 is 10.3 Å². The molecule has 1 aromatic rings. The van der Waals surface area contributed by atoms with E-state index in [4.69, 9.17) is 5.73 Å². The molecule has 1 aliphatic heterocycles. The molecule has 0 aliphatic carbocycles. The third-order valence-corrected chi connectivity index (χ3v) is 3.82. The number of imidazole rings is 1. The van der Waals surface area contributed by atoms with Gasteiger partial charge in [-0.3, -0.25) is 0 Å². The first-order valence-electron chi connectivity index (χ1n) is 5.20. The van der Waals surface area contributed by atoms with E-state index in [0.29, 0.717) is 5.92 Å². The second kappa shape index (κ2) is 4.03. The number of aromatic nitrogens is 2. The minimum atomic E-state index is 0.623. The molecule has 4 heteroatoms. The fraction of sp³-hybridized carbons (Fsp3) is 0.700. The van der Waals surface area contributed by atoms with Gasteiger partial charge in [-0.25, -0.2) is 4.98 Å². The van der Waals surface area contributed by atoms with Gasteiger partial charge in [0.15, 0.2) is 0 Å². The summed E-state index contributed by atoms with van der Waals surface area (Å²) < 4.78 is 3.44. The van der Waals surface area contributed by atoms with Crippen molar-refractivity contribution in [1.82, 2.24) is 9.55 Å². The molecule has 0 saturated heterocycles. The molecule has 2 N–H and O–H groups in total. The van der Waals surface area contributed by atoms with Gasteiger partial charge in [-0.1, -0.05) is 6.92 Å². The van der Waals surface area contributed by atoms with Gasteiger partial charge in [0.05, 0.1) is 5.69 Å². The van der Waals surface area contributed by atoms with E-state index in [-0.39, 0.29) is 0 Å². The maximum atomic E-state index is 5.70. The summed E-state index contributed by atoms with van der Waals surface area (Å²) in [5.74, 6) is 1.84. The van der Waals surface area contributed by atoms with E-state index in [1.165, 1.54) is 17.9 Å². The zero-order valence-electron chi connectivity index (χ0n) is 8.46. The van der Waals surface area contributed by atoms with Gasteiger partial charge in [0.25, 0.3) is 0 Å². The molecule has 0 bridgehead atoms. The average Bonchev–Trinajstić information content (AvgIpc) is 2.55. The Labute approximate surface area is 92.8 Å². The van der Waals surface area contributed by atoms with Gasteiger partial charge in [-0.15, -0.1) is 0 Å². The second-order valence-electron chi connectivity index (χ2n) is 3.87. The first-order chi connectivity index (χ1) is 6.76. The molecule has 0 saturated carbocycles. The first-order valence-corrected chi connectivity index (χ1v) is 5.99. The zero-order valence-corrected chi connectivity index (χ0v) is 10.0. The summed E-state index contributed by atoms with van der Waals surface area (Å²) in [5, 5.41) is 0. The lowest BCUT2D eigenvalue weighted by atomic mass is 10.00. The highest BCUT2D eigenvalue weighted by molar-refractivity contribution is 9.10. The number of fused-ring (bicyclic) bond motifs is 1. The summed E-state index contributed by atoms with van der Waals surface area (Å²) in [7, 11) is 0. The van der Waals surface area contributed by atoms with Crippen LogP contribution in [0.5, 0.6) is 0 Å². The van der Waals surface area contributed by atoms with Crippen molar-refractivity contribution in [3.8, 4) is 0 Å². The lowest BCUT2D eigenvalue weighted by molar-refractivity contribution is 0.370. The third kappa shape index (κ3) is 1.61. The molecule has 2 rings (SSSR count). The highest BCUT2D eigenvalue weighted by atomic mass is 79.9. The molecule has 1 atom stereocenters. The van der Waals surface area contributed by atoms with Crippen molar-refractivity contribution in [3.63, 3.8) is 0 Å². The lowest BCUT2D eigenvalue weighted by Crippen LogP contribution is -2.26. The van der Waals surface area contributed by atoms with Gasteiger partial charge >= 0.3 is 0 Å². The van der Waals surface area contributed by atoms with E-state index in [1.54, 1.807) is 0 Å². The van der Waals surface area contributed by atoms with E-state index < -0.39 is 0 Å². The standard InChI is InChI=1S/C10H16BrN3/c1-2-8-10(11)14-6-7(5-12)3-4-9(14)13-8/h7H,2-6,12H2,1H3. The molecule has 1 aromatic heterocycles. The fourth-order valence-corrected chi connectivity index (χ4v) is 2.73. The molecule has 0 fully saturated rings. The Kier molecular flexibility index (Phi) is 2.93. The SMILES string of the molecule is CCc1nc2n(c1Br)CC(CN)CC2. The van der Waals surface area contributed by atoms with Crippen molar-refractivity contribution in [2.75, 3.05) is 6.54 Å². The fourth-order valence-electron chi connectivity index (χ4n) is 2.01. The molecule has 1 unspecified atom stereocenters. The maximum Gasteiger partial charge on any atom is 0.109 e. The van der Waals surface area contributed by atoms with Gasteiger partial charge in [-0.05, 0) is 41.2 Å². The Hall–Kier alpha value is -0.350. The van der Waals surface area contributed by atoms with Crippen LogP contribution in [0.1, 0.15) is 24.9 Å². The van der Waals surface area contributed by atoms with Crippen LogP contribution in [-0.4, -0.2) is 16.1 Å². The molecule has 3 nitrogen and oxygen atoms in total. The van der Waals surface area contributed by atoms with E-state index in [2.05, 4.69) is 32.4 Å². The minimum Gasteiger partial charge on any atom is -0.330 e. The molecule has 0 aromatic carbocycles. The van der Waals surface area contributed by atoms with Crippen LogP contribution < -0.4 is 5.73 Å². The van der Waals surface area contributed by atoms with Crippen LogP contribution in [0.15, 0.2) is 4.60 Å². The van der Waals surface area contributed by atoms with Crippen molar-refractivity contribution in [2.45, 2.75) is 32.7 Å². The molecule has 1 aliphatic rings. The van der Waals surface area contributed by atoms with Crippen molar-refractivity contribution >= 4 is 15.9 Å². The topological polar surface area (TPSA) is 43.8 Å². The number of nitrogens with zero attached hydrogens (tertiary/aromatic N) is 2. The van der Waals surface area contributed by atoms with Gasteiger partial charge in [-0.2, -0.15) is 0 Å². The van der Waals surface area contributed by atoms with Crippen molar-refractivity contribution in [1.29, 1.82) is 0 Å². The summed E-state index contributed by atoms with van der Waals surface area (Å²) >= 11 is 3.61. The van der Waals surface area contributed by atoms with Crippen LogP contribution in [0, 0.1) is 5.92 Å². The predicted molar refractivity (Wildman–Crippen MR) is 60.2 cm³/mol. The van der Waals surface area contributed by atoms with E-state index in [1.807, 2.05) is 0 Å². The number of halogens is 1. The van der Waals surface area contributed by atoms with Crippen molar-refractivity contribution in [2.24, 2.45) is 11.7 Å². The first kappa shape index (κ1) is 10.2. The monoisotopic (exact) mass is 257 g/mol. The summed E-state index contributed by atoms with van der Waals surface area (Å²) in [4.78, 5) is 4.61. The predicted octanol–water partition coefficient (Wildman–Crippen LogP) is 1.73. The molecule has 14 heavy (non-hydrogen) atoms. The number of hydrogen-bond donors (Lipinski definition) is 1. The van der Waals surface area contributed by atoms with Gasteiger partial charge in [0.2, 0.25) is 0 Å². The van der Waals surface area contributed by atoms with Crippen LogP contribution in [0.3, 0.4) is 0 Å². The second-order valence-corrected chi connectivity index (χ2v) is 4.62. The van der Waals surface area contributed by atoms with E-state index in [0.717, 1.165) is 30.5 Å². The quantitative estimate of drug-likeness (QED) is 0.877. The zero-order chi connectivity index (χ0) is 10.1. The van der Waals surface area contributed by atoms with Crippen LogP contribution in [0.25, 0.3) is 0 Å². The normalized spacial score (nSPS) is 20.9. The lowest BCUT2D eigenvalue weighted by Gasteiger charge is -2.22. The van der Waals surface area contributed by atoms with Crippen LogP contribution in [0.4, 0.5) is 0 Å². The van der Waals surface area contributed by atoms with Gasteiger partial charge in [0.1, 0.15) is 10.4 Å². The van der Waals surface area contributed by atoms with Crippen LogP contribution >= 0.6 is 15.9 Å². The smallest absolute Gasteiger partial charge is 0.109 e. The molecular formula is C10H16BrN3. The number of nitrogens with two attached hydrogens (primary N) is 1. The maximum absolute atomic E-state index is 5.70. The van der Waals surface area contributed by atoms with Crippen molar-refractivity contribution in [3.05, 3.63) is 16.1 Å². The number of rotatable bonds is 2. The number of hydrogen-bond acceptors (Lipinski definition) is 2. The third-order valence-electron chi connectivity index (χ3n) is 2.94. The summed E-state index contributed by atoms with van der Waals surface area (Å²) in [6, 6.07) is 0. The Balaban J connectivity index is 2.31. The highest BCUT2D eigenvalue weighted by Gasteiger charge is 2.22. The number of aryl methyl sites for hydroxylation is 2. The molecular weight excluding hydrogens is 242 g/mol. The summed E-state index contributed by atoms with van der Waals surface area (Å²) in [6.45, 7) is 3.95. The summed E-state index contributed by atoms with van der Waals surface area (Å²) in [5.41, 5.74) is 6.88. The van der Waals surface area contributed by atoms with E-state index >= 15 is 0 Å². The molecule has 0 amide bonds.